The molecule has 31 heavy (non-hydrogen) atoms. The van der Waals surface area contributed by atoms with Gasteiger partial charge in [-0.3, -0.25) is 9.58 Å². The van der Waals surface area contributed by atoms with Crippen LogP contribution < -0.4 is 0 Å². The Labute approximate surface area is 186 Å². The molecular weight excluding hydrogens is 384 g/mol. The van der Waals surface area contributed by atoms with Crippen molar-refractivity contribution in [2.45, 2.75) is 69.1 Å². The predicted octanol–water partition coefficient (Wildman–Crippen LogP) is 3.00. The van der Waals surface area contributed by atoms with Crippen molar-refractivity contribution in [3.05, 3.63) is 53.3 Å². The maximum Gasteiger partial charge on any atom is 0.0914 e. The van der Waals surface area contributed by atoms with Gasteiger partial charge in [0.2, 0.25) is 0 Å². The normalized spacial score (nSPS) is 33.5. The highest BCUT2D eigenvalue weighted by Crippen LogP contribution is 2.56. The quantitative estimate of drug-likeness (QED) is 0.808. The van der Waals surface area contributed by atoms with Crippen LogP contribution in [-0.2, 0) is 18.4 Å². The van der Waals surface area contributed by atoms with Crippen molar-refractivity contribution < 1.29 is 5.11 Å². The molecule has 0 unspecified atom stereocenters. The highest BCUT2D eigenvalue weighted by molar-refractivity contribution is 5.44. The number of aromatic nitrogens is 2. The number of aryl methyl sites for hydroxylation is 1. The van der Waals surface area contributed by atoms with Crippen LogP contribution in [0.5, 0.6) is 0 Å². The Bertz CT molecular complexity index is 952. The molecule has 5 nitrogen and oxygen atoms in total. The monoisotopic (exact) mass is 420 g/mol. The third-order valence-electron chi connectivity index (χ3n) is 8.85. The number of piperidine rings is 1. The molecule has 1 aromatic heterocycles. The summed E-state index contributed by atoms with van der Waals surface area (Å²) in [5, 5.41) is 17.0. The molecule has 3 heterocycles. The summed E-state index contributed by atoms with van der Waals surface area (Å²) >= 11 is 0. The van der Waals surface area contributed by atoms with E-state index in [9.17, 15) is 5.11 Å². The van der Waals surface area contributed by atoms with Gasteiger partial charge in [-0.1, -0.05) is 24.3 Å². The van der Waals surface area contributed by atoms with Crippen LogP contribution in [0, 0.1) is 12.8 Å². The standard InChI is InChI=1S/C26H36N4O/c1-20-17-27-30(18-20)15-14-28-11-8-25-9-13-29(19-21-6-7-21)24(26(25,31)10-12-28)16-22-4-2-3-5-23(22)25/h2-5,17-18,21,24,31H,6-16,19H2,1H3/t24-,25+,26-/m1/s1. The average molecular weight is 421 g/mol. The molecule has 5 heteroatoms. The Kier molecular flexibility index (Phi) is 4.78. The number of aliphatic hydroxyl groups is 1. The summed E-state index contributed by atoms with van der Waals surface area (Å²) in [5.74, 6) is 0.869. The lowest BCUT2D eigenvalue weighted by Gasteiger charge is -2.61. The molecule has 1 saturated carbocycles. The molecule has 0 amide bonds. The van der Waals surface area contributed by atoms with Gasteiger partial charge in [0, 0.05) is 37.3 Å². The van der Waals surface area contributed by atoms with Crippen molar-refractivity contribution in [3.8, 4) is 0 Å². The van der Waals surface area contributed by atoms with Crippen LogP contribution >= 0.6 is 0 Å². The first-order valence-electron chi connectivity index (χ1n) is 12.3. The molecule has 6 rings (SSSR count). The van der Waals surface area contributed by atoms with E-state index >= 15 is 0 Å². The van der Waals surface area contributed by atoms with Gasteiger partial charge in [0.15, 0.2) is 0 Å². The fraction of sp³-hybridized carbons (Fsp3) is 0.654. The summed E-state index contributed by atoms with van der Waals surface area (Å²) < 4.78 is 2.06. The van der Waals surface area contributed by atoms with Crippen LogP contribution in [-0.4, -0.2) is 69.1 Å². The van der Waals surface area contributed by atoms with Crippen LogP contribution in [0.25, 0.3) is 0 Å². The molecule has 166 valence electrons. The Morgan fingerprint density at radius 2 is 1.87 bits per heavy atom. The zero-order valence-corrected chi connectivity index (χ0v) is 18.8. The fourth-order valence-corrected chi connectivity index (χ4v) is 6.95. The van der Waals surface area contributed by atoms with E-state index in [1.165, 1.54) is 36.1 Å². The topological polar surface area (TPSA) is 44.5 Å². The van der Waals surface area contributed by atoms with Gasteiger partial charge in [-0.2, -0.15) is 5.10 Å². The molecule has 3 fully saturated rings. The highest BCUT2D eigenvalue weighted by Gasteiger charge is 2.63. The number of fused-ring (bicyclic) bond motifs is 1. The first-order valence-corrected chi connectivity index (χ1v) is 12.3. The Hall–Kier alpha value is -1.69. The van der Waals surface area contributed by atoms with Crippen LogP contribution in [0.2, 0.25) is 0 Å². The molecule has 2 aromatic rings. The maximum absolute atomic E-state index is 12.5. The number of nitrogens with zero attached hydrogens (tertiary/aromatic N) is 4. The summed E-state index contributed by atoms with van der Waals surface area (Å²) in [6.07, 6.45) is 10.9. The van der Waals surface area contributed by atoms with E-state index in [0.29, 0.717) is 0 Å². The third-order valence-corrected chi connectivity index (χ3v) is 8.85. The largest absolute Gasteiger partial charge is 0.387 e. The van der Waals surface area contributed by atoms with Crippen molar-refractivity contribution in [2.24, 2.45) is 5.92 Å². The second-order valence-corrected chi connectivity index (χ2v) is 10.7. The predicted molar refractivity (Wildman–Crippen MR) is 122 cm³/mol. The number of rotatable bonds is 5. The SMILES string of the molecule is Cc1cnn(CCN2CC[C@]34CCN(CC5CC5)[C@H](Cc5ccccc53)[C@]4(O)CC2)c1. The summed E-state index contributed by atoms with van der Waals surface area (Å²) in [7, 11) is 0. The smallest absolute Gasteiger partial charge is 0.0914 e. The molecule has 0 radical (unpaired) electrons. The molecule has 3 atom stereocenters. The van der Waals surface area contributed by atoms with Gasteiger partial charge < -0.3 is 10.0 Å². The van der Waals surface area contributed by atoms with Crippen LogP contribution in [0.1, 0.15) is 48.8 Å². The molecule has 1 aromatic carbocycles. The van der Waals surface area contributed by atoms with Gasteiger partial charge in [-0.15, -0.1) is 0 Å². The second kappa shape index (κ2) is 7.43. The summed E-state index contributed by atoms with van der Waals surface area (Å²) in [6.45, 7) is 8.40. The summed E-state index contributed by atoms with van der Waals surface area (Å²) in [4.78, 5) is 5.25. The van der Waals surface area contributed by atoms with Crippen molar-refractivity contribution in [3.63, 3.8) is 0 Å². The van der Waals surface area contributed by atoms with Crippen LogP contribution in [0.4, 0.5) is 0 Å². The molecule has 2 bridgehead atoms. The van der Waals surface area contributed by atoms with E-state index in [0.717, 1.165) is 64.3 Å². The fourth-order valence-electron chi connectivity index (χ4n) is 6.95. The zero-order valence-electron chi connectivity index (χ0n) is 18.8. The molecular formula is C26H36N4O. The van der Waals surface area contributed by atoms with Gasteiger partial charge in [0.05, 0.1) is 18.3 Å². The Morgan fingerprint density at radius 1 is 1.06 bits per heavy atom. The number of hydrogen-bond donors (Lipinski definition) is 1. The van der Waals surface area contributed by atoms with Gasteiger partial charge in [0.25, 0.3) is 0 Å². The van der Waals surface area contributed by atoms with Crippen molar-refractivity contribution >= 4 is 0 Å². The van der Waals surface area contributed by atoms with E-state index < -0.39 is 5.60 Å². The van der Waals surface area contributed by atoms with Gasteiger partial charge in [-0.25, -0.2) is 0 Å². The minimum Gasteiger partial charge on any atom is -0.387 e. The van der Waals surface area contributed by atoms with E-state index in [1.54, 1.807) is 0 Å². The Balaban J connectivity index is 1.29. The summed E-state index contributed by atoms with van der Waals surface area (Å²) in [6, 6.07) is 9.30. The lowest BCUT2D eigenvalue weighted by molar-refractivity contribution is -0.149. The lowest BCUT2D eigenvalue weighted by Crippen LogP contribution is -2.71. The third kappa shape index (κ3) is 3.28. The van der Waals surface area contributed by atoms with Gasteiger partial charge in [-0.05, 0) is 81.1 Å². The van der Waals surface area contributed by atoms with Crippen molar-refractivity contribution in [1.29, 1.82) is 0 Å². The molecule has 1 N–H and O–H groups in total. The minimum absolute atomic E-state index is 0.0937. The number of likely N-dealkylation sites (tertiary alicyclic amines) is 2. The number of hydrogen-bond acceptors (Lipinski definition) is 4. The van der Waals surface area contributed by atoms with E-state index in [2.05, 4.69) is 57.0 Å². The second-order valence-electron chi connectivity index (χ2n) is 10.7. The van der Waals surface area contributed by atoms with E-state index in [4.69, 9.17) is 0 Å². The zero-order chi connectivity index (χ0) is 21.1. The van der Waals surface area contributed by atoms with Crippen LogP contribution in [0.15, 0.2) is 36.7 Å². The molecule has 2 saturated heterocycles. The van der Waals surface area contributed by atoms with Crippen LogP contribution in [0.3, 0.4) is 0 Å². The summed E-state index contributed by atoms with van der Waals surface area (Å²) in [5.41, 5.74) is 3.44. The van der Waals surface area contributed by atoms with E-state index in [-0.39, 0.29) is 11.5 Å². The number of benzene rings is 1. The van der Waals surface area contributed by atoms with Gasteiger partial charge >= 0.3 is 0 Å². The highest BCUT2D eigenvalue weighted by atomic mass is 16.3. The first kappa shape index (κ1) is 20.0. The molecule has 4 aliphatic rings. The maximum atomic E-state index is 12.5. The van der Waals surface area contributed by atoms with E-state index in [1.807, 2.05) is 6.20 Å². The minimum atomic E-state index is -0.620. The van der Waals surface area contributed by atoms with Crippen molar-refractivity contribution in [2.75, 3.05) is 32.7 Å². The Morgan fingerprint density at radius 3 is 2.68 bits per heavy atom. The molecule has 2 aliphatic carbocycles. The van der Waals surface area contributed by atoms with Gasteiger partial charge in [0.1, 0.15) is 0 Å². The first-order chi connectivity index (χ1) is 15.1. The lowest BCUT2D eigenvalue weighted by atomic mass is 9.52. The average Bonchev–Trinajstić information content (AvgIpc) is 3.51. The molecule has 2 aliphatic heterocycles. The van der Waals surface area contributed by atoms with Crippen molar-refractivity contribution in [1.82, 2.24) is 19.6 Å². The molecule has 0 spiro atoms.